The summed E-state index contributed by atoms with van der Waals surface area (Å²) < 4.78 is 25.6. The highest BCUT2D eigenvalue weighted by Crippen LogP contribution is 2.17. The Hall–Kier alpha value is -0.660. The molecule has 128 valence electrons. The van der Waals surface area contributed by atoms with Crippen molar-refractivity contribution in [2.45, 2.75) is 51.5 Å². The number of sulfonamides is 1. The van der Waals surface area contributed by atoms with Crippen molar-refractivity contribution >= 4 is 15.9 Å². The van der Waals surface area contributed by atoms with Gasteiger partial charge in [-0.15, -0.1) is 0 Å². The second kappa shape index (κ2) is 8.26. The van der Waals surface area contributed by atoms with E-state index >= 15 is 0 Å². The van der Waals surface area contributed by atoms with E-state index in [0.717, 1.165) is 32.4 Å². The maximum Gasteiger partial charge on any atom is 0.220 e. The molecule has 1 unspecified atom stereocenters. The summed E-state index contributed by atoms with van der Waals surface area (Å²) in [6.45, 7) is 5.03. The number of carbonyl (C=O) groups excluding carboxylic acids is 1. The van der Waals surface area contributed by atoms with Gasteiger partial charge in [0, 0.05) is 25.6 Å². The predicted octanol–water partition coefficient (Wildman–Crippen LogP) is 0.697. The lowest BCUT2D eigenvalue weighted by atomic mass is 10.0. The molecule has 2 fully saturated rings. The summed E-state index contributed by atoms with van der Waals surface area (Å²) in [6.07, 6.45) is 4.79. The van der Waals surface area contributed by atoms with E-state index in [1.165, 1.54) is 6.42 Å². The average Bonchev–Trinajstić information content (AvgIpc) is 2.99. The van der Waals surface area contributed by atoms with Crippen molar-refractivity contribution in [1.29, 1.82) is 0 Å². The predicted molar refractivity (Wildman–Crippen MR) is 87.0 cm³/mol. The van der Waals surface area contributed by atoms with Crippen LogP contribution < -0.4 is 10.6 Å². The van der Waals surface area contributed by atoms with Crippen LogP contribution in [0.5, 0.6) is 0 Å². The smallest absolute Gasteiger partial charge is 0.220 e. The third-order valence-electron chi connectivity index (χ3n) is 4.62. The Kier molecular flexibility index (Phi) is 6.65. The summed E-state index contributed by atoms with van der Waals surface area (Å²) in [7, 11) is -3.09. The van der Waals surface area contributed by atoms with Gasteiger partial charge >= 0.3 is 0 Å². The van der Waals surface area contributed by atoms with E-state index in [0.29, 0.717) is 31.8 Å². The number of amides is 1. The minimum absolute atomic E-state index is 0.113. The topological polar surface area (TPSA) is 78.5 Å². The molecule has 0 aromatic heterocycles. The van der Waals surface area contributed by atoms with Gasteiger partial charge < -0.3 is 10.6 Å². The van der Waals surface area contributed by atoms with Crippen LogP contribution in [0.25, 0.3) is 0 Å². The third kappa shape index (κ3) is 5.21. The molecule has 0 bridgehead atoms. The van der Waals surface area contributed by atoms with Gasteiger partial charge in [0.25, 0.3) is 0 Å². The van der Waals surface area contributed by atoms with E-state index in [-0.39, 0.29) is 17.7 Å². The fraction of sp³-hybridized carbons (Fsp3) is 0.933. The van der Waals surface area contributed by atoms with Gasteiger partial charge in [0.05, 0.1) is 5.75 Å². The molecule has 2 heterocycles. The van der Waals surface area contributed by atoms with E-state index in [1.807, 2.05) is 6.92 Å². The van der Waals surface area contributed by atoms with Crippen molar-refractivity contribution in [3.05, 3.63) is 0 Å². The van der Waals surface area contributed by atoms with E-state index < -0.39 is 10.0 Å². The van der Waals surface area contributed by atoms with Gasteiger partial charge in [-0.05, 0) is 51.1 Å². The molecule has 0 saturated carbocycles. The van der Waals surface area contributed by atoms with Crippen LogP contribution in [0.4, 0.5) is 0 Å². The second-order valence-corrected chi connectivity index (χ2v) is 8.54. The first-order valence-corrected chi connectivity index (χ1v) is 10.1. The number of nitrogens with one attached hydrogen (secondary N) is 2. The summed E-state index contributed by atoms with van der Waals surface area (Å²) in [5.41, 5.74) is 0. The molecule has 1 atom stereocenters. The molecule has 0 spiro atoms. The summed E-state index contributed by atoms with van der Waals surface area (Å²) in [6, 6.07) is 0.127. The molecule has 0 radical (unpaired) electrons. The van der Waals surface area contributed by atoms with Crippen molar-refractivity contribution in [3.63, 3.8) is 0 Å². The number of rotatable bonds is 7. The van der Waals surface area contributed by atoms with Crippen LogP contribution in [0.3, 0.4) is 0 Å². The van der Waals surface area contributed by atoms with E-state index in [4.69, 9.17) is 0 Å². The Morgan fingerprint density at radius 1 is 1.27 bits per heavy atom. The van der Waals surface area contributed by atoms with Crippen molar-refractivity contribution < 1.29 is 13.2 Å². The van der Waals surface area contributed by atoms with Crippen molar-refractivity contribution in [2.75, 3.05) is 31.9 Å². The molecular formula is C15H29N3O3S. The molecule has 2 rings (SSSR count). The van der Waals surface area contributed by atoms with Crippen LogP contribution in [0.1, 0.15) is 45.4 Å². The summed E-state index contributed by atoms with van der Waals surface area (Å²) in [5.74, 6) is 0.966. The standard InChI is InChI=1S/C15H29N3O3S/c1-2-11-22(20,21)18-9-6-14(7-10-18)17-15(19)4-3-13-5-8-16-12-13/h13-14,16H,2-12H2,1H3,(H,17,19). The van der Waals surface area contributed by atoms with Gasteiger partial charge in [-0.1, -0.05) is 6.92 Å². The first-order chi connectivity index (χ1) is 10.5. The Balaban J connectivity index is 1.67. The van der Waals surface area contributed by atoms with Crippen LogP contribution in [0, 0.1) is 5.92 Å². The van der Waals surface area contributed by atoms with Gasteiger partial charge in [-0.3, -0.25) is 4.79 Å². The van der Waals surface area contributed by atoms with Gasteiger partial charge in [0.1, 0.15) is 0 Å². The third-order valence-corrected chi connectivity index (χ3v) is 6.69. The second-order valence-electron chi connectivity index (χ2n) is 6.45. The molecule has 2 saturated heterocycles. The van der Waals surface area contributed by atoms with Crippen molar-refractivity contribution in [1.82, 2.24) is 14.9 Å². The largest absolute Gasteiger partial charge is 0.353 e. The molecule has 0 aromatic carbocycles. The van der Waals surface area contributed by atoms with Crippen LogP contribution in [0.15, 0.2) is 0 Å². The van der Waals surface area contributed by atoms with Crippen LogP contribution in [0.2, 0.25) is 0 Å². The van der Waals surface area contributed by atoms with Crippen LogP contribution in [-0.2, 0) is 14.8 Å². The van der Waals surface area contributed by atoms with E-state index in [1.54, 1.807) is 4.31 Å². The maximum atomic E-state index is 12.0. The summed E-state index contributed by atoms with van der Waals surface area (Å²) in [4.78, 5) is 12.0. The molecule has 2 aliphatic heterocycles. The fourth-order valence-electron chi connectivity index (χ4n) is 3.26. The first kappa shape index (κ1) is 17.7. The molecule has 1 amide bonds. The Morgan fingerprint density at radius 2 is 2.00 bits per heavy atom. The molecule has 6 nitrogen and oxygen atoms in total. The highest BCUT2D eigenvalue weighted by atomic mass is 32.2. The minimum Gasteiger partial charge on any atom is -0.353 e. The summed E-state index contributed by atoms with van der Waals surface area (Å²) in [5, 5.41) is 6.38. The first-order valence-electron chi connectivity index (χ1n) is 8.49. The zero-order chi connectivity index (χ0) is 16.0. The molecule has 0 aliphatic carbocycles. The Morgan fingerprint density at radius 3 is 2.59 bits per heavy atom. The number of hydrogen-bond donors (Lipinski definition) is 2. The van der Waals surface area contributed by atoms with Gasteiger partial charge in [-0.25, -0.2) is 12.7 Å². The normalized spacial score (nSPS) is 24.5. The molecule has 2 N–H and O–H groups in total. The van der Waals surface area contributed by atoms with Crippen molar-refractivity contribution in [3.8, 4) is 0 Å². The zero-order valence-corrected chi connectivity index (χ0v) is 14.3. The average molecular weight is 331 g/mol. The van der Waals surface area contributed by atoms with Gasteiger partial charge in [-0.2, -0.15) is 0 Å². The Labute approximate surface area is 134 Å². The van der Waals surface area contributed by atoms with E-state index in [9.17, 15) is 13.2 Å². The highest BCUT2D eigenvalue weighted by molar-refractivity contribution is 7.89. The molecule has 22 heavy (non-hydrogen) atoms. The SMILES string of the molecule is CCCS(=O)(=O)N1CCC(NC(=O)CCC2CCNC2)CC1. The molecule has 0 aromatic rings. The zero-order valence-electron chi connectivity index (χ0n) is 13.5. The summed E-state index contributed by atoms with van der Waals surface area (Å²) >= 11 is 0. The monoisotopic (exact) mass is 331 g/mol. The molecule has 2 aliphatic rings. The lowest BCUT2D eigenvalue weighted by Crippen LogP contribution is -2.47. The van der Waals surface area contributed by atoms with Gasteiger partial charge in [0.15, 0.2) is 0 Å². The molecule has 7 heteroatoms. The number of piperidine rings is 1. The Bertz CT molecular complexity index is 453. The lowest BCUT2D eigenvalue weighted by molar-refractivity contribution is -0.122. The quantitative estimate of drug-likeness (QED) is 0.720. The highest BCUT2D eigenvalue weighted by Gasteiger charge is 2.28. The van der Waals surface area contributed by atoms with Crippen LogP contribution >= 0.6 is 0 Å². The maximum absolute atomic E-state index is 12.0. The number of nitrogens with zero attached hydrogens (tertiary/aromatic N) is 1. The van der Waals surface area contributed by atoms with Gasteiger partial charge in [0.2, 0.25) is 15.9 Å². The molecular weight excluding hydrogens is 302 g/mol. The minimum atomic E-state index is -3.09. The van der Waals surface area contributed by atoms with Crippen molar-refractivity contribution in [2.24, 2.45) is 5.92 Å². The lowest BCUT2D eigenvalue weighted by Gasteiger charge is -2.31. The van der Waals surface area contributed by atoms with Crippen LogP contribution in [-0.4, -0.2) is 56.6 Å². The number of carbonyl (C=O) groups is 1. The van der Waals surface area contributed by atoms with E-state index in [2.05, 4.69) is 10.6 Å². The fourth-order valence-corrected chi connectivity index (χ4v) is 4.80. The number of hydrogen-bond acceptors (Lipinski definition) is 4.